The summed E-state index contributed by atoms with van der Waals surface area (Å²) in [5.74, 6) is 0.276. The summed E-state index contributed by atoms with van der Waals surface area (Å²) in [6.45, 7) is 3.71. The van der Waals surface area contributed by atoms with E-state index in [9.17, 15) is 4.39 Å². The van der Waals surface area contributed by atoms with E-state index in [0.717, 1.165) is 24.2 Å². The highest BCUT2D eigenvalue weighted by atomic mass is 19.1. The van der Waals surface area contributed by atoms with Crippen LogP contribution in [0, 0.1) is 11.7 Å². The lowest BCUT2D eigenvalue weighted by Crippen LogP contribution is -2.23. The molecule has 0 bridgehead atoms. The quantitative estimate of drug-likeness (QED) is 0.328. The van der Waals surface area contributed by atoms with Gasteiger partial charge in [-0.1, -0.05) is 56.3 Å². The van der Waals surface area contributed by atoms with Gasteiger partial charge in [-0.15, -0.1) is 0 Å². The summed E-state index contributed by atoms with van der Waals surface area (Å²) in [4.78, 5) is 7.79. The standard InChI is InChI=1S/C24H37FN2O/c1-4-5-6-7-8-10-21-11-9-12-22(19-20-13-15-23(25)16-14-20)24(21)26-28-18-17-27(2)3/h13-16,19,21H,4-12,17-18H2,1-3H3/t21-/m0/s1. The average Bonchev–Trinajstić information content (AvgIpc) is 2.68. The maximum atomic E-state index is 13.2. The lowest BCUT2D eigenvalue weighted by molar-refractivity contribution is 0.124. The number of unbranched alkanes of at least 4 members (excludes halogenated alkanes) is 4. The van der Waals surface area contributed by atoms with Crippen LogP contribution in [0.5, 0.6) is 0 Å². The van der Waals surface area contributed by atoms with Crippen LogP contribution in [0.3, 0.4) is 0 Å². The number of likely N-dealkylation sites (N-methyl/N-ethyl adjacent to an activating group) is 1. The van der Waals surface area contributed by atoms with E-state index >= 15 is 0 Å². The van der Waals surface area contributed by atoms with Gasteiger partial charge in [0.1, 0.15) is 12.4 Å². The molecule has 0 unspecified atom stereocenters. The number of rotatable bonds is 11. The summed E-state index contributed by atoms with van der Waals surface area (Å²) in [6.07, 6.45) is 13.2. The number of oxime groups is 1. The summed E-state index contributed by atoms with van der Waals surface area (Å²) in [6, 6.07) is 6.71. The zero-order chi connectivity index (χ0) is 20.2. The van der Waals surface area contributed by atoms with Crippen molar-refractivity contribution in [3.05, 3.63) is 41.2 Å². The summed E-state index contributed by atoms with van der Waals surface area (Å²) < 4.78 is 13.2. The molecule has 0 aromatic heterocycles. The monoisotopic (exact) mass is 388 g/mol. The van der Waals surface area contributed by atoms with Gasteiger partial charge in [0.05, 0.1) is 5.71 Å². The molecule has 1 atom stereocenters. The molecule has 156 valence electrons. The van der Waals surface area contributed by atoms with Crippen molar-refractivity contribution in [1.82, 2.24) is 4.90 Å². The zero-order valence-corrected chi connectivity index (χ0v) is 17.9. The average molecular weight is 389 g/mol. The predicted molar refractivity (Wildman–Crippen MR) is 117 cm³/mol. The Labute approximate surface area is 170 Å². The minimum Gasteiger partial charge on any atom is -0.394 e. The Morgan fingerprint density at radius 1 is 1.14 bits per heavy atom. The number of hydrogen-bond donors (Lipinski definition) is 0. The number of nitrogens with zero attached hydrogens (tertiary/aromatic N) is 2. The van der Waals surface area contributed by atoms with Crippen molar-refractivity contribution < 1.29 is 9.23 Å². The van der Waals surface area contributed by atoms with E-state index in [4.69, 9.17) is 4.84 Å². The summed E-state index contributed by atoms with van der Waals surface area (Å²) in [5.41, 5.74) is 3.40. The molecule has 1 saturated carbocycles. The SMILES string of the molecule is CCCCCCC[C@H]1CCCC(=Cc2ccc(F)cc2)C1=NOCCN(C)C. The molecule has 0 N–H and O–H groups in total. The molecule has 1 fully saturated rings. The van der Waals surface area contributed by atoms with E-state index in [2.05, 4.69) is 23.1 Å². The van der Waals surface area contributed by atoms with Crippen molar-refractivity contribution in [1.29, 1.82) is 0 Å². The summed E-state index contributed by atoms with van der Waals surface area (Å²) >= 11 is 0. The van der Waals surface area contributed by atoms with Gasteiger partial charge in [-0.05, 0) is 69.1 Å². The first kappa shape index (κ1) is 22.6. The molecule has 28 heavy (non-hydrogen) atoms. The highest BCUT2D eigenvalue weighted by molar-refractivity contribution is 6.05. The second-order valence-electron chi connectivity index (χ2n) is 8.13. The lowest BCUT2D eigenvalue weighted by Gasteiger charge is -2.26. The van der Waals surface area contributed by atoms with E-state index in [1.165, 1.54) is 69.1 Å². The van der Waals surface area contributed by atoms with Crippen LogP contribution in [0.2, 0.25) is 0 Å². The predicted octanol–water partition coefficient (Wildman–Crippen LogP) is 6.30. The molecule has 0 aliphatic heterocycles. The third kappa shape index (κ3) is 8.14. The Bertz CT molecular complexity index is 622. The van der Waals surface area contributed by atoms with Crippen LogP contribution in [-0.4, -0.2) is 37.9 Å². The fourth-order valence-electron chi connectivity index (χ4n) is 3.72. The van der Waals surface area contributed by atoms with Crippen LogP contribution < -0.4 is 0 Å². The van der Waals surface area contributed by atoms with Gasteiger partial charge in [0, 0.05) is 12.5 Å². The molecule has 0 saturated heterocycles. The minimum atomic E-state index is -0.198. The Hall–Kier alpha value is -1.68. The van der Waals surface area contributed by atoms with Gasteiger partial charge >= 0.3 is 0 Å². The van der Waals surface area contributed by atoms with E-state index < -0.39 is 0 Å². The maximum absolute atomic E-state index is 13.2. The van der Waals surface area contributed by atoms with Crippen LogP contribution >= 0.6 is 0 Å². The highest BCUT2D eigenvalue weighted by Gasteiger charge is 2.25. The highest BCUT2D eigenvalue weighted by Crippen LogP contribution is 2.31. The second-order valence-corrected chi connectivity index (χ2v) is 8.13. The van der Waals surface area contributed by atoms with Crippen molar-refractivity contribution in [3.8, 4) is 0 Å². The van der Waals surface area contributed by atoms with Crippen molar-refractivity contribution in [2.24, 2.45) is 11.1 Å². The van der Waals surface area contributed by atoms with Gasteiger partial charge in [-0.3, -0.25) is 0 Å². The molecular weight excluding hydrogens is 351 g/mol. The van der Waals surface area contributed by atoms with Gasteiger partial charge in [-0.2, -0.15) is 0 Å². The molecule has 4 heteroatoms. The first-order valence-electron chi connectivity index (χ1n) is 10.9. The molecular formula is C24H37FN2O. The Morgan fingerprint density at radius 3 is 2.61 bits per heavy atom. The van der Waals surface area contributed by atoms with Gasteiger partial charge < -0.3 is 9.74 Å². The second kappa shape index (κ2) is 12.7. The van der Waals surface area contributed by atoms with Crippen molar-refractivity contribution in [2.75, 3.05) is 27.2 Å². The molecule has 2 rings (SSSR count). The van der Waals surface area contributed by atoms with E-state index in [1.807, 2.05) is 26.2 Å². The minimum absolute atomic E-state index is 0.198. The van der Waals surface area contributed by atoms with Crippen LogP contribution in [-0.2, 0) is 4.84 Å². The zero-order valence-electron chi connectivity index (χ0n) is 17.9. The first-order valence-corrected chi connectivity index (χ1v) is 10.9. The molecule has 1 aromatic rings. The molecule has 0 amide bonds. The Kier molecular flexibility index (Phi) is 10.3. The first-order chi connectivity index (χ1) is 13.6. The molecule has 1 aliphatic carbocycles. The number of benzene rings is 1. The molecule has 3 nitrogen and oxygen atoms in total. The Balaban J connectivity index is 2.08. The van der Waals surface area contributed by atoms with Gasteiger partial charge in [0.15, 0.2) is 0 Å². The van der Waals surface area contributed by atoms with Crippen LogP contribution in [0.1, 0.15) is 70.3 Å². The van der Waals surface area contributed by atoms with Crippen LogP contribution in [0.15, 0.2) is 35.0 Å². The summed E-state index contributed by atoms with van der Waals surface area (Å²) in [5, 5.41) is 4.59. The molecule has 0 spiro atoms. The van der Waals surface area contributed by atoms with Crippen molar-refractivity contribution in [2.45, 2.75) is 64.7 Å². The molecule has 0 heterocycles. The lowest BCUT2D eigenvalue weighted by atomic mass is 9.80. The number of hydrogen-bond acceptors (Lipinski definition) is 3. The maximum Gasteiger partial charge on any atom is 0.129 e. The van der Waals surface area contributed by atoms with Crippen molar-refractivity contribution in [3.63, 3.8) is 0 Å². The van der Waals surface area contributed by atoms with E-state index in [0.29, 0.717) is 12.5 Å². The molecule has 1 aromatic carbocycles. The molecule has 1 aliphatic rings. The number of allylic oxidation sites excluding steroid dienone is 1. The Morgan fingerprint density at radius 2 is 1.89 bits per heavy atom. The fraction of sp³-hybridized carbons (Fsp3) is 0.625. The third-order valence-corrected chi connectivity index (χ3v) is 5.37. The van der Waals surface area contributed by atoms with Gasteiger partial charge in [0.2, 0.25) is 0 Å². The fourth-order valence-corrected chi connectivity index (χ4v) is 3.72. The van der Waals surface area contributed by atoms with Crippen LogP contribution in [0.25, 0.3) is 6.08 Å². The normalized spacial score (nSPS) is 20.2. The third-order valence-electron chi connectivity index (χ3n) is 5.37. The van der Waals surface area contributed by atoms with E-state index in [-0.39, 0.29) is 5.82 Å². The van der Waals surface area contributed by atoms with Gasteiger partial charge in [-0.25, -0.2) is 4.39 Å². The van der Waals surface area contributed by atoms with Crippen molar-refractivity contribution >= 4 is 11.8 Å². The molecule has 0 radical (unpaired) electrons. The summed E-state index contributed by atoms with van der Waals surface area (Å²) in [7, 11) is 4.08. The topological polar surface area (TPSA) is 24.8 Å². The van der Waals surface area contributed by atoms with Gasteiger partial charge in [0.25, 0.3) is 0 Å². The number of halogens is 1. The smallest absolute Gasteiger partial charge is 0.129 e. The van der Waals surface area contributed by atoms with Crippen LogP contribution in [0.4, 0.5) is 4.39 Å². The van der Waals surface area contributed by atoms with E-state index in [1.54, 1.807) is 0 Å². The largest absolute Gasteiger partial charge is 0.394 e.